The number of carboxylic acids is 1. The molecule has 0 saturated heterocycles. The summed E-state index contributed by atoms with van der Waals surface area (Å²) in [6.45, 7) is -0.591. The third-order valence-corrected chi connectivity index (χ3v) is 2.18. The van der Waals surface area contributed by atoms with E-state index in [9.17, 15) is 22.8 Å². The number of methoxy groups -OCH3 is 1. The molecule has 1 N–H and O–H groups in total. The summed E-state index contributed by atoms with van der Waals surface area (Å²) in [5.41, 5.74) is 0. The molecule has 0 aliphatic rings. The average molecular weight is 286 g/mol. The number of halogens is 3. The van der Waals surface area contributed by atoms with E-state index in [-0.39, 0.29) is 24.6 Å². The Bertz CT molecular complexity index is 310. The van der Waals surface area contributed by atoms with E-state index < -0.39 is 31.3 Å². The largest absolute Gasteiger partial charge is 0.480 e. The van der Waals surface area contributed by atoms with Gasteiger partial charge in [-0.2, -0.15) is 13.2 Å². The van der Waals surface area contributed by atoms with Crippen LogP contribution in [0.1, 0.15) is 6.92 Å². The van der Waals surface area contributed by atoms with E-state index in [0.29, 0.717) is 0 Å². The van der Waals surface area contributed by atoms with Crippen molar-refractivity contribution in [2.75, 3.05) is 39.9 Å². The first kappa shape index (κ1) is 17.5. The predicted octanol–water partition coefficient (Wildman–Crippen LogP) is 1.02. The van der Waals surface area contributed by atoms with Crippen molar-refractivity contribution in [3.63, 3.8) is 0 Å². The van der Waals surface area contributed by atoms with Crippen LogP contribution in [0.25, 0.3) is 0 Å². The molecule has 0 aromatic rings. The van der Waals surface area contributed by atoms with Crippen LogP contribution in [0.2, 0.25) is 0 Å². The van der Waals surface area contributed by atoms with Gasteiger partial charge in [-0.25, -0.2) is 4.79 Å². The van der Waals surface area contributed by atoms with Gasteiger partial charge in [0.25, 0.3) is 0 Å². The SMILES string of the molecule is CCN(CCOC)C(=O)N(CC(=O)O)CC(F)(F)F. The molecular weight excluding hydrogens is 269 g/mol. The second-order valence-electron chi connectivity index (χ2n) is 3.72. The van der Waals surface area contributed by atoms with Gasteiger partial charge >= 0.3 is 18.2 Å². The fourth-order valence-electron chi connectivity index (χ4n) is 1.36. The van der Waals surface area contributed by atoms with Crippen LogP contribution in [0.3, 0.4) is 0 Å². The Morgan fingerprint density at radius 1 is 1.26 bits per heavy atom. The number of carboxylic acid groups (broad SMARTS) is 1. The number of alkyl halides is 3. The first-order chi connectivity index (χ1) is 8.71. The molecule has 0 rings (SSSR count). The fourth-order valence-corrected chi connectivity index (χ4v) is 1.36. The van der Waals surface area contributed by atoms with Crippen molar-refractivity contribution in [2.45, 2.75) is 13.1 Å². The lowest BCUT2D eigenvalue weighted by molar-refractivity contribution is -0.149. The quantitative estimate of drug-likeness (QED) is 0.758. The number of aliphatic carboxylic acids is 1. The molecule has 0 saturated carbocycles. The number of nitrogens with zero attached hydrogens (tertiary/aromatic N) is 2. The second kappa shape index (κ2) is 7.82. The minimum Gasteiger partial charge on any atom is -0.480 e. The Hall–Kier alpha value is -1.51. The van der Waals surface area contributed by atoms with Gasteiger partial charge < -0.3 is 19.6 Å². The molecule has 0 fully saturated rings. The fraction of sp³-hybridized carbons (Fsp3) is 0.800. The summed E-state index contributed by atoms with van der Waals surface area (Å²) >= 11 is 0. The van der Waals surface area contributed by atoms with Crippen LogP contribution in [0.5, 0.6) is 0 Å². The topological polar surface area (TPSA) is 70.1 Å². The molecule has 0 aromatic heterocycles. The van der Waals surface area contributed by atoms with Crippen LogP contribution < -0.4 is 0 Å². The van der Waals surface area contributed by atoms with Crippen molar-refractivity contribution in [3.05, 3.63) is 0 Å². The van der Waals surface area contributed by atoms with Crippen molar-refractivity contribution in [1.29, 1.82) is 0 Å². The lowest BCUT2D eigenvalue weighted by Gasteiger charge is -2.29. The number of hydrogen-bond acceptors (Lipinski definition) is 3. The van der Waals surface area contributed by atoms with Gasteiger partial charge in [0, 0.05) is 20.2 Å². The average Bonchev–Trinajstić information content (AvgIpc) is 2.26. The Labute approximate surface area is 108 Å². The number of carbonyl (C=O) groups excluding carboxylic acids is 1. The van der Waals surface area contributed by atoms with Gasteiger partial charge in [-0.05, 0) is 6.92 Å². The Balaban J connectivity index is 4.80. The van der Waals surface area contributed by atoms with Crippen molar-refractivity contribution in [2.24, 2.45) is 0 Å². The molecule has 0 aliphatic heterocycles. The van der Waals surface area contributed by atoms with Crippen LogP contribution in [0.15, 0.2) is 0 Å². The highest BCUT2D eigenvalue weighted by atomic mass is 19.4. The zero-order valence-electron chi connectivity index (χ0n) is 10.7. The number of ether oxygens (including phenoxy) is 1. The maximum atomic E-state index is 12.3. The normalized spacial score (nSPS) is 11.2. The summed E-state index contributed by atoms with van der Waals surface area (Å²) in [7, 11) is 1.39. The third-order valence-electron chi connectivity index (χ3n) is 2.18. The minimum atomic E-state index is -4.65. The van der Waals surface area contributed by atoms with Crippen LogP contribution in [0, 0.1) is 0 Å². The molecule has 112 valence electrons. The predicted molar refractivity (Wildman–Crippen MR) is 59.8 cm³/mol. The van der Waals surface area contributed by atoms with Crippen LogP contribution in [0.4, 0.5) is 18.0 Å². The van der Waals surface area contributed by atoms with E-state index in [0.717, 1.165) is 4.90 Å². The van der Waals surface area contributed by atoms with Crippen molar-refractivity contribution >= 4 is 12.0 Å². The highest BCUT2D eigenvalue weighted by Gasteiger charge is 2.35. The van der Waals surface area contributed by atoms with Gasteiger partial charge in [-0.1, -0.05) is 0 Å². The third kappa shape index (κ3) is 7.50. The summed E-state index contributed by atoms with van der Waals surface area (Å²) < 4.78 is 41.7. The molecule has 0 radical (unpaired) electrons. The molecule has 0 unspecified atom stereocenters. The zero-order chi connectivity index (χ0) is 15.1. The molecule has 0 atom stereocenters. The molecule has 0 spiro atoms. The van der Waals surface area contributed by atoms with Gasteiger partial charge in [0.1, 0.15) is 13.1 Å². The monoisotopic (exact) mass is 286 g/mol. The van der Waals surface area contributed by atoms with E-state index >= 15 is 0 Å². The maximum Gasteiger partial charge on any atom is 0.406 e. The number of carbonyl (C=O) groups is 2. The summed E-state index contributed by atoms with van der Waals surface area (Å²) in [4.78, 5) is 23.7. The molecule has 0 aliphatic carbocycles. The van der Waals surface area contributed by atoms with Gasteiger partial charge in [0.2, 0.25) is 0 Å². The Morgan fingerprint density at radius 2 is 1.84 bits per heavy atom. The molecular formula is C10H17F3N2O4. The summed E-state index contributed by atoms with van der Waals surface area (Å²) in [6.07, 6.45) is -4.65. The van der Waals surface area contributed by atoms with Gasteiger partial charge in [-0.3, -0.25) is 4.79 Å². The Kier molecular flexibility index (Phi) is 7.20. The first-order valence-corrected chi connectivity index (χ1v) is 5.52. The summed E-state index contributed by atoms with van der Waals surface area (Å²) in [6, 6.07) is -0.973. The van der Waals surface area contributed by atoms with E-state index in [1.54, 1.807) is 6.92 Å². The summed E-state index contributed by atoms with van der Waals surface area (Å²) in [5.74, 6) is -1.50. The Morgan fingerprint density at radius 3 is 2.21 bits per heavy atom. The number of urea groups is 1. The summed E-state index contributed by atoms with van der Waals surface area (Å²) in [5, 5.41) is 8.56. The number of likely N-dealkylation sites (N-methyl/N-ethyl adjacent to an activating group) is 1. The molecule has 6 nitrogen and oxygen atoms in total. The second-order valence-corrected chi connectivity index (χ2v) is 3.72. The van der Waals surface area contributed by atoms with E-state index in [4.69, 9.17) is 9.84 Å². The van der Waals surface area contributed by atoms with Crippen LogP contribution in [-0.4, -0.2) is 73.0 Å². The van der Waals surface area contributed by atoms with Crippen molar-refractivity contribution in [3.8, 4) is 0 Å². The molecule has 9 heteroatoms. The molecule has 0 heterocycles. The molecule has 0 aromatic carbocycles. The minimum absolute atomic E-state index is 0.0970. The lowest BCUT2D eigenvalue weighted by Crippen LogP contribution is -2.49. The molecule has 0 bridgehead atoms. The number of hydrogen-bond donors (Lipinski definition) is 1. The molecule has 2 amide bonds. The molecule has 19 heavy (non-hydrogen) atoms. The van der Waals surface area contributed by atoms with Crippen molar-refractivity contribution < 1.29 is 32.6 Å². The van der Waals surface area contributed by atoms with Gasteiger partial charge in [0.15, 0.2) is 0 Å². The standard InChI is InChI=1S/C10H17F3N2O4/c1-3-14(4-5-19-2)9(18)15(6-8(16)17)7-10(11,12)13/h3-7H2,1-2H3,(H,16,17). The first-order valence-electron chi connectivity index (χ1n) is 5.52. The highest BCUT2D eigenvalue weighted by molar-refractivity contribution is 5.80. The van der Waals surface area contributed by atoms with E-state index in [1.807, 2.05) is 0 Å². The van der Waals surface area contributed by atoms with E-state index in [2.05, 4.69) is 0 Å². The van der Waals surface area contributed by atoms with Crippen LogP contribution in [-0.2, 0) is 9.53 Å². The number of amides is 2. The van der Waals surface area contributed by atoms with Crippen LogP contribution >= 0.6 is 0 Å². The highest BCUT2D eigenvalue weighted by Crippen LogP contribution is 2.17. The zero-order valence-corrected chi connectivity index (χ0v) is 10.7. The van der Waals surface area contributed by atoms with Crippen molar-refractivity contribution in [1.82, 2.24) is 9.80 Å². The number of rotatable bonds is 7. The van der Waals surface area contributed by atoms with Gasteiger partial charge in [-0.15, -0.1) is 0 Å². The van der Waals surface area contributed by atoms with Gasteiger partial charge in [0.05, 0.1) is 6.61 Å². The smallest absolute Gasteiger partial charge is 0.406 e. The van der Waals surface area contributed by atoms with E-state index in [1.165, 1.54) is 7.11 Å². The lowest BCUT2D eigenvalue weighted by atomic mass is 10.4. The maximum absolute atomic E-state index is 12.3.